The number of morpholine rings is 1. The molecule has 6 nitrogen and oxygen atoms in total. The number of hydrogen-bond donors (Lipinski definition) is 1. The van der Waals surface area contributed by atoms with Gasteiger partial charge >= 0.3 is 0 Å². The SMILES string of the molecule is O=C(Nc1cc(Cl)ccc1N1CCOCC1)C1CCN(C(=O)C2CC2)CC1. The van der Waals surface area contributed by atoms with Gasteiger partial charge in [0.2, 0.25) is 11.8 Å². The van der Waals surface area contributed by atoms with Crippen molar-refractivity contribution in [3.8, 4) is 0 Å². The number of nitrogens with zero attached hydrogens (tertiary/aromatic N) is 2. The second kappa shape index (κ2) is 8.07. The minimum atomic E-state index is -0.0650. The molecule has 7 heteroatoms. The van der Waals surface area contributed by atoms with Crippen LogP contribution >= 0.6 is 11.6 Å². The van der Waals surface area contributed by atoms with Gasteiger partial charge in [0.25, 0.3) is 0 Å². The van der Waals surface area contributed by atoms with Gasteiger partial charge < -0.3 is 19.9 Å². The highest BCUT2D eigenvalue weighted by Crippen LogP contribution is 2.33. The Hall–Kier alpha value is -1.79. The van der Waals surface area contributed by atoms with Crippen molar-refractivity contribution in [3.05, 3.63) is 23.2 Å². The number of carbonyl (C=O) groups is 2. The number of nitrogens with one attached hydrogen (secondary N) is 1. The zero-order valence-electron chi connectivity index (χ0n) is 15.5. The lowest BCUT2D eigenvalue weighted by molar-refractivity contribution is -0.135. The Morgan fingerprint density at radius 1 is 1.00 bits per heavy atom. The molecule has 0 aromatic heterocycles. The van der Waals surface area contributed by atoms with Gasteiger partial charge in [-0.15, -0.1) is 0 Å². The average molecular weight is 392 g/mol. The molecular weight excluding hydrogens is 366 g/mol. The molecule has 0 unspecified atom stereocenters. The Morgan fingerprint density at radius 2 is 1.70 bits per heavy atom. The van der Waals surface area contributed by atoms with Crippen LogP contribution in [0.5, 0.6) is 0 Å². The molecule has 1 aromatic carbocycles. The van der Waals surface area contributed by atoms with Crippen molar-refractivity contribution in [2.75, 3.05) is 49.6 Å². The molecule has 1 saturated carbocycles. The van der Waals surface area contributed by atoms with Gasteiger partial charge in [-0.2, -0.15) is 0 Å². The van der Waals surface area contributed by atoms with Crippen LogP contribution in [0.4, 0.5) is 11.4 Å². The molecule has 146 valence electrons. The Labute approximate surface area is 164 Å². The monoisotopic (exact) mass is 391 g/mol. The summed E-state index contributed by atoms with van der Waals surface area (Å²) in [7, 11) is 0. The summed E-state index contributed by atoms with van der Waals surface area (Å²) < 4.78 is 5.42. The van der Waals surface area contributed by atoms with Crippen LogP contribution < -0.4 is 10.2 Å². The first-order chi connectivity index (χ1) is 13.1. The van der Waals surface area contributed by atoms with Crippen LogP contribution in [-0.4, -0.2) is 56.1 Å². The van der Waals surface area contributed by atoms with Crippen molar-refractivity contribution < 1.29 is 14.3 Å². The second-order valence-corrected chi connectivity index (χ2v) is 8.06. The van der Waals surface area contributed by atoms with E-state index in [4.69, 9.17) is 16.3 Å². The molecule has 0 atom stereocenters. The van der Waals surface area contributed by atoms with Gasteiger partial charge in [-0.3, -0.25) is 9.59 Å². The van der Waals surface area contributed by atoms with Gasteiger partial charge in [0.15, 0.2) is 0 Å². The first-order valence-electron chi connectivity index (χ1n) is 9.84. The van der Waals surface area contributed by atoms with E-state index in [9.17, 15) is 9.59 Å². The zero-order chi connectivity index (χ0) is 18.8. The summed E-state index contributed by atoms with van der Waals surface area (Å²) in [4.78, 5) is 29.2. The van der Waals surface area contributed by atoms with Gasteiger partial charge in [-0.25, -0.2) is 0 Å². The van der Waals surface area contributed by atoms with E-state index in [1.54, 1.807) is 0 Å². The van der Waals surface area contributed by atoms with Crippen molar-refractivity contribution in [2.45, 2.75) is 25.7 Å². The molecule has 0 radical (unpaired) electrons. The predicted octanol–water partition coefficient (Wildman–Crippen LogP) is 2.76. The summed E-state index contributed by atoms with van der Waals surface area (Å²) in [6.07, 6.45) is 3.49. The first-order valence-corrected chi connectivity index (χ1v) is 10.2. The van der Waals surface area contributed by atoms with E-state index in [0.717, 1.165) is 50.1 Å². The Morgan fingerprint density at radius 3 is 2.37 bits per heavy atom. The third-order valence-corrected chi connectivity index (χ3v) is 5.91. The molecule has 2 amide bonds. The van der Waals surface area contributed by atoms with Crippen LogP contribution in [0, 0.1) is 11.8 Å². The molecule has 27 heavy (non-hydrogen) atoms. The number of likely N-dealkylation sites (tertiary alicyclic amines) is 1. The molecule has 0 bridgehead atoms. The summed E-state index contributed by atoms with van der Waals surface area (Å²) in [6, 6.07) is 5.63. The van der Waals surface area contributed by atoms with E-state index in [1.807, 2.05) is 23.1 Å². The molecule has 2 saturated heterocycles. The fraction of sp³-hybridized carbons (Fsp3) is 0.600. The number of benzene rings is 1. The summed E-state index contributed by atoms with van der Waals surface area (Å²) in [5.74, 6) is 0.478. The molecule has 2 heterocycles. The van der Waals surface area contributed by atoms with Gasteiger partial charge in [0, 0.05) is 43.0 Å². The van der Waals surface area contributed by atoms with Crippen molar-refractivity contribution in [1.29, 1.82) is 0 Å². The number of carbonyl (C=O) groups excluding carboxylic acids is 2. The van der Waals surface area contributed by atoms with E-state index >= 15 is 0 Å². The first kappa shape index (κ1) is 18.6. The molecule has 1 aromatic rings. The standard InChI is InChI=1S/C20H26ClN3O3/c21-16-3-4-18(23-9-11-27-12-10-23)17(13-16)22-19(25)14-5-7-24(8-6-14)20(26)15-1-2-15/h3-4,13-15H,1-2,5-12H2,(H,22,25). The quantitative estimate of drug-likeness (QED) is 0.857. The second-order valence-electron chi connectivity index (χ2n) is 7.62. The van der Waals surface area contributed by atoms with Crippen LogP contribution in [0.3, 0.4) is 0 Å². The highest BCUT2D eigenvalue weighted by Gasteiger charge is 2.36. The Balaban J connectivity index is 1.39. The Bertz CT molecular complexity index is 708. The molecule has 0 spiro atoms. The number of piperidine rings is 1. The number of ether oxygens (including phenoxy) is 1. The average Bonchev–Trinajstić information content (AvgIpc) is 3.54. The minimum Gasteiger partial charge on any atom is -0.378 e. The highest BCUT2D eigenvalue weighted by molar-refractivity contribution is 6.31. The highest BCUT2D eigenvalue weighted by atomic mass is 35.5. The predicted molar refractivity (Wildman–Crippen MR) is 105 cm³/mol. The summed E-state index contributed by atoms with van der Waals surface area (Å²) in [5.41, 5.74) is 1.74. The minimum absolute atomic E-state index is 0.0188. The third kappa shape index (κ3) is 4.38. The number of hydrogen-bond acceptors (Lipinski definition) is 4. The molecule has 2 aliphatic heterocycles. The molecule has 4 rings (SSSR count). The van der Waals surface area contributed by atoms with Crippen LogP contribution in [-0.2, 0) is 14.3 Å². The summed E-state index contributed by atoms with van der Waals surface area (Å²) in [5, 5.41) is 3.69. The van der Waals surface area contributed by atoms with E-state index in [2.05, 4.69) is 10.2 Å². The lowest BCUT2D eigenvalue weighted by Crippen LogP contribution is -2.42. The van der Waals surface area contributed by atoms with Crippen molar-refractivity contribution in [1.82, 2.24) is 4.90 Å². The summed E-state index contributed by atoms with van der Waals surface area (Å²) in [6.45, 7) is 4.32. The topological polar surface area (TPSA) is 61.9 Å². The van der Waals surface area contributed by atoms with Gasteiger partial charge in [0.1, 0.15) is 0 Å². The normalized spacial score (nSPS) is 21.2. The number of halogens is 1. The lowest BCUT2D eigenvalue weighted by Gasteiger charge is -2.33. The van der Waals surface area contributed by atoms with E-state index in [1.165, 1.54) is 0 Å². The molecule has 1 aliphatic carbocycles. The smallest absolute Gasteiger partial charge is 0.227 e. The van der Waals surface area contributed by atoms with E-state index in [0.29, 0.717) is 31.3 Å². The van der Waals surface area contributed by atoms with Gasteiger partial charge in [-0.1, -0.05) is 11.6 Å². The van der Waals surface area contributed by atoms with Gasteiger partial charge in [0.05, 0.1) is 24.6 Å². The maximum atomic E-state index is 12.8. The lowest BCUT2D eigenvalue weighted by atomic mass is 9.95. The number of anilines is 2. The number of amides is 2. The molecule has 3 aliphatic rings. The zero-order valence-corrected chi connectivity index (χ0v) is 16.2. The van der Waals surface area contributed by atoms with Crippen molar-refractivity contribution in [3.63, 3.8) is 0 Å². The maximum absolute atomic E-state index is 12.8. The van der Waals surface area contributed by atoms with Gasteiger partial charge in [-0.05, 0) is 43.9 Å². The van der Waals surface area contributed by atoms with Crippen LogP contribution in [0.15, 0.2) is 18.2 Å². The van der Waals surface area contributed by atoms with Crippen LogP contribution in [0.25, 0.3) is 0 Å². The van der Waals surface area contributed by atoms with Crippen LogP contribution in [0.2, 0.25) is 5.02 Å². The fourth-order valence-electron chi connectivity index (χ4n) is 3.87. The van der Waals surface area contributed by atoms with Crippen molar-refractivity contribution >= 4 is 34.8 Å². The number of rotatable bonds is 4. The van der Waals surface area contributed by atoms with Crippen molar-refractivity contribution in [2.24, 2.45) is 11.8 Å². The maximum Gasteiger partial charge on any atom is 0.227 e. The largest absolute Gasteiger partial charge is 0.378 e. The van der Waals surface area contributed by atoms with Crippen LogP contribution in [0.1, 0.15) is 25.7 Å². The van der Waals surface area contributed by atoms with E-state index in [-0.39, 0.29) is 23.7 Å². The molecule has 1 N–H and O–H groups in total. The Kier molecular flexibility index (Phi) is 5.55. The molecular formula is C20H26ClN3O3. The fourth-order valence-corrected chi connectivity index (χ4v) is 4.05. The van der Waals surface area contributed by atoms with E-state index < -0.39 is 0 Å². The third-order valence-electron chi connectivity index (χ3n) is 5.67. The summed E-state index contributed by atoms with van der Waals surface area (Å²) >= 11 is 6.18. The molecule has 3 fully saturated rings.